The molecule has 0 bridgehead atoms. The Kier molecular flexibility index (Phi) is 12.7. The molecule has 7 amide bonds. The number of anilines is 1. The summed E-state index contributed by atoms with van der Waals surface area (Å²) in [5, 5.41) is 10.4. The number of benzene rings is 2. The number of urea groups is 1. The predicted molar refractivity (Wildman–Crippen MR) is 201 cm³/mol. The van der Waals surface area contributed by atoms with E-state index in [4.69, 9.17) is 4.74 Å². The molecular formula is C40H49F2N7O8. The third-order valence-electron chi connectivity index (χ3n) is 11.0. The Bertz CT molecular complexity index is 1880. The van der Waals surface area contributed by atoms with Crippen molar-refractivity contribution in [1.29, 1.82) is 0 Å². The van der Waals surface area contributed by atoms with Gasteiger partial charge in [-0.3, -0.25) is 24.0 Å². The lowest BCUT2D eigenvalue weighted by Gasteiger charge is -2.39. The van der Waals surface area contributed by atoms with Gasteiger partial charge in [-0.2, -0.15) is 0 Å². The number of halogens is 2. The number of cyclic esters (lactones) is 1. The van der Waals surface area contributed by atoms with E-state index in [-0.39, 0.29) is 31.0 Å². The number of esters is 1. The Hall–Kier alpha value is -5.61. The van der Waals surface area contributed by atoms with Gasteiger partial charge in [0.2, 0.25) is 29.5 Å². The van der Waals surface area contributed by atoms with Crippen molar-refractivity contribution >= 4 is 47.2 Å². The molecule has 2 aromatic rings. The Balaban J connectivity index is 1.30. The SMILES string of the molecule is Cc1ccc(NC(=O)N[C@@H](Cc2cc(F)cc(F)c2)C(=O)N[C@@H]2CC(=O)N3CCC[C@H]3C(=O)N3CCCC[C@H]3C(=O)N[C@@H](C)C(=O)N3C[C@H](C)C[C@H]3C(=O)O2)cc1. The van der Waals surface area contributed by atoms with Gasteiger partial charge in [0, 0.05) is 37.8 Å². The molecule has 7 atom stereocenters. The molecule has 4 heterocycles. The molecule has 4 fully saturated rings. The van der Waals surface area contributed by atoms with Crippen molar-refractivity contribution in [3.05, 3.63) is 65.2 Å². The second-order valence-electron chi connectivity index (χ2n) is 15.5. The maximum Gasteiger partial charge on any atom is 0.330 e. The number of amides is 7. The van der Waals surface area contributed by atoms with E-state index < -0.39 is 102 Å². The molecule has 2 aromatic carbocycles. The maximum absolute atomic E-state index is 14.3. The number of hydrogen-bond donors (Lipinski definition) is 4. The normalized spacial score (nSPS) is 26.5. The highest BCUT2D eigenvalue weighted by molar-refractivity contribution is 5.97. The second-order valence-corrected chi connectivity index (χ2v) is 15.5. The summed E-state index contributed by atoms with van der Waals surface area (Å²) < 4.78 is 34.3. The van der Waals surface area contributed by atoms with Gasteiger partial charge in [0.25, 0.3) is 0 Å². The molecule has 4 aliphatic rings. The molecule has 57 heavy (non-hydrogen) atoms. The molecule has 306 valence electrons. The quantitative estimate of drug-likeness (QED) is 0.322. The minimum absolute atomic E-state index is 0.0269. The summed E-state index contributed by atoms with van der Waals surface area (Å²) in [5.41, 5.74) is 1.36. The largest absolute Gasteiger partial charge is 0.440 e. The molecule has 4 saturated heterocycles. The third kappa shape index (κ3) is 9.86. The average Bonchev–Trinajstić information content (AvgIpc) is 3.81. The molecule has 0 unspecified atom stereocenters. The highest BCUT2D eigenvalue weighted by Crippen LogP contribution is 2.28. The fourth-order valence-corrected chi connectivity index (χ4v) is 8.13. The van der Waals surface area contributed by atoms with Crippen LogP contribution in [0.5, 0.6) is 0 Å². The van der Waals surface area contributed by atoms with Crippen LogP contribution in [0.2, 0.25) is 0 Å². The van der Waals surface area contributed by atoms with Gasteiger partial charge in [0.1, 0.15) is 41.8 Å². The number of rotatable bonds is 6. The van der Waals surface area contributed by atoms with Crippen molar-refractivity contribution < 1.29 is 47.1 Å². The fraction of sp³-hybridized carbons (Fsp3) is 0.525. The van der Waals surface area contributed by atoms with E-state index in [9.17, 15) is 42.3 Å². The van der Waals surface area contributed by atoms with Crippen molar-refractivity contribution in [2.45, 2.75) is 109 Å². The van der Waals surface area contributed by atoms with Crippen LogP contribution in [-0.4, -0.2) is 112 Å². The molecule has 0 saturated carbocycles. The van der Waals surface area contributed by atoms with Crippen molar-refractivity contribution in [3.63, 3.8) is 0 Å². The highest BCUT2D eigenvalue weighted by Gasteiger charge is 2.45. The van der Waals surface area contributed by atoms with Crippen LogP contribution in [0.25, 0.3) is 0 Å². The van der Waals surface area contributed by atoms with E-state index in [0.717, 1.165) is 17.7 Å². The summed E-state index contributed by atoms with van der Waals surface area (Å²) in [6, 6.07) is 3.22. The summed E-state index contributed by atoms with van der Waals surface area (Å²) in [6.07, 6.45) is 0.0616. The molecule has 4 N–H and O–H groups in total. The third-order valence-corrected chi connectivity index (χ3v) is 11.0. The van der Waals surface area contributed by atoms with Crippen LogP contribution >= 0.6 is 0 Å². The Morgan fingerprint density at radius 3 is 2.26 bits per heavy atom. The summed E-state index contributed by atoms with van der Waals surface area (Å²) in [5.74, 6) is -5.89. The van der Waals surface area contributed by atoms with Gasteiger partial charge < -0.3 is 40.7 Å². The standard InChI is InChI=1S/C40H49F2N7O8/c1-22-9-11-28(12-10-22)44-40(56)45-29(18-25-16-26(41)19-27(42)17-25)35(51)46-33-20-34(50)47-14-6-8-31(47)38(54)48-13-5-4-7-30(48)36(52)43-24(3)37(53)49-21-23(2)15-32(49)39(55)57-33/h9-12,16-17,19,23-24,29-33H,4-8,13-15,18,20-21H2,1-3H3,(H,43,52)(H,46,51)(H2,44,45,56)/t23-,24+,29+,30+,31+,32+,33+/m1/s1. The zero-order valence-electron chi connectivity index (χ0n) is 32.2. The van der Waals surface area contributed by atoms with Crippen LogP contribution < -0.4 is 21.3 Å². The molecule has 4 aliphatic heterocycles. The van der Waals surface area contributed by atoms with Crippen molar-refractivity contribution in [2.75, 3.05) is 25.0 Å². The van der Waals surface area contributed by atoms with Crippen LogP contribution in [0.4, 0.5) is 19.3 Å². The molecule has 17 heteroatoms. The van der Waals surface area contributed by atoms with Crippen LogP contribution in [0.3, 0.4) is 0 Å². The molecule has 0 aliphatic carbocycles. The minimum Gasteiger partial charge on any atom is -0.440 e. The van der Waals surface area contributed by atoms with Gasteiger partial charge in [0.05, 0.1) is 6.42 Å². The Morgan fingerprint density at radius 1 is 0.860 bits per heavy atom. The number of ether oxygens (including phenoxy) is 1. The predicted octanol–water partition coefficient (Wildman–Crippen LogP) is 2.51. The molecular weight excluding hydrogens is 744 g/mol. The van der Waals surface area contributed by atoms with Crippen LogP contribution in [0.1, 0.15) is 69.9 Å². The lowest BCUT2D eigenvalue weighted by atomic mass is 9.99. The highest BCUT2D eigenvalue weighted by atomic mass is 19.1. The van der Waals surface area contributed by atoms with Gasteiger partial charge in [-0.15, -0.1) is 0 Å². The molecule has 0 aromatic heterocycles. The first-order valence-corrected chi connectivity index (χ1v) is 19.5. The average molecular weight is 794 g/mol. The number of fused-ring (bicyclic) bond motifs is 3. The number of carbonyl (C=O) groups is 7. The number of piperidine rings is 1. The van der Waals surface area contributed by atoms with Gasteiger partial charge in [-0.05, 0) is 88.1 Å². The maximum atomic E-state index is 14.3. The number of hydrogen-bond acceptors (Lipinski definition) is 8. The zero-order valence-corrected chi connectivity index (χ0v) is 32.2. The molecule has 15 nitrogen and oxygen atoms in total. The zero-order chi connectivity index (χ0) is 41.0. The monoisotopic (exact) mass is 793 g/mol. The van der Waals surface area contributed by atoms with E-state index in [0.29, 0.717) is 50.4 Å². The van der Waals surface area contributed by atoms with Gasteiger partial charge in [-0.1, -0.05) is 24.6 Å². The summed E-state index contributed by atoms with van der Waals surface area (Å²) >= 11 is 0. The number of carbonyl (C=O) groups excluding carboxylic acids is 7. The second kappa shape index (κ2) is 17.7. The number of nitrogens with one attached hydrogen (secondary N) is 4. The fourth-order valence-electron chi connectivity index (χ4n) is 8.13. The topological polar surface area (TPSA) is 187 Å². The van der Waals surface area contributed by atoms with E-state index in [1.54, 1.807) is 24.3 Å². The first-order valence-electron chi connectivity index (χ1n) is 19.5. The number of aryl methyl sites for hydroxylation is 1. The van der Waals surface area contributed by atoms with Crippen LogP contribution in [0.15, 0.2) is 42.5 Å². The molecule has 0 spiro atoms. The van der Waals surface area contributed by atoms with E-state index >= 15 is 0 Å². The van der Waals surface area contributed by atoms with Crippen molar-refractivity contribution in [2.24, 2.45) is 5.92 Å². The van der Waals surface area contributed by atoms with Crippen LogP contribution in [0, 0.1) is 24.5 Å². The number of nitrogens with zero attached hydrogens (tertiary/aromatic N) is 3. The summed E-state index contributed by atoms with van der Waals surface area (Å²) in [4.78, 5) is 101. The lowest BCUT2D eigenvalue weighted by Crippen LogP contribution is -2.60. The van der Waals surface area contributed by atoms with E-state index in [2.05, 4.69) is 21.3 Å². The molecule has 0 radical (unpaired) electrons. The Labute approximate surface area is 329 Å². The lowest BCUT2D eigenvalue weighted by molar-refractivity contribution is -0.163. The first-order chi connectivity index (χ1) is 27.2. The van der Waals surface area contributed by atoms with Crippen LogP contribution in [-0.2, 0) is 39.9 Å². The van der Waals surface area contributed by atoms with Gasteiger partial charge in [0.15, 0.2) is 6.23 Å². The minimum atomic E-state index is -1.65. The van der Waals surface area contributed by atoms with Crippen molar-refractivity contribution in [1.82, 2.24) is 30.7 Å². The van der Waals surface area contributed by atoms with Crippen molar-refractivity contribution in [3.8, 4) is 0 Å². The van der Waals surface area contributed by atoms with E-state index in [1.807, 2.05) is 13.8 Å². The van der Waals surface area contributed by atoms with Gasteiger partial charge in [-0.25, -0.2) is 18.4 Å². The summed E-state index contributed by atoms with van der Waals surface area (Å²) in [7, 11) is 0. The smallest absolute Gasteiger partial charge is 0.330 e. The van der Waals surface area contributed by atoms with Gasteiger partial charge >= 0.3 is 12.0 Å². The first kappa shape index (κ1) is 41.0. The molecule has 6 rings (SSSR count). The Morgan fingerprint density at radius 2 is 1.54 bits per heavy atom. The van der Waals surface area contributed by atoms with E-state index in [1.165, 1.54) is 21.6 Å². The summed E-state index contributed by atoms with van der Waals surface area (Å²) in [6.45, 7) is 5.88.